The fourth-order valence-corrected chi connectivity index (χ4v) is 3.87. The monoisotopic (exact) mass is 339 g/mol. The second-order valence-electron chi connectivity index (χ2n) is 6.96. The van der Waals surface area contributed by atoms with Crippen molar-refractivity contribution in [3.8, 4) is 0 Å². The van der Waals surface area contributed by atoms with Crippen molar-refractivity contribution < 1.29 is 4.79 Å². The number of hydrogen-bond donors (Lipinski definition) is 1. The molecule has 2 saturated heterocycles. The van der Waals surface area contributed by atoms with Gasteiger partial charge in [-0.2, -0.15) is 5.10 Å². The molecule has 1 aromatic carbocycles. The van der Waals surface area contributed by atoms with E-state index in [2.05, 4.69) is 32.5 Å². The molecule has 0 saturated carbocycles. The molecule has 1 amide bonds. The Morgan fingerprint density at radius 1 is 1.20 bits per heavy atom. The minimum atomic E-state index is 0.289. The number of rotatable bonds is 4. The Kier molecular flexibility index (Phi) is 4.78. The van der Waals surface area contributed by atoms with Crippen LogP contribution in [0.25, 0.3) is 10.8 Å². The Labute approximate surface area is 148 Å². The van der Waals surface area contributed by atoms with Crippen molar-refractivity contribution in [2.75, 3.05) is 37.6 Å². The lowest BCUT2D eigenvalue weighted by atomic mass is 10.1. The first-order valence-corrected chi connectivity index (χ1v) is 9.28. The van der Waals surface area contributed by atoms with E-state index >= 15 is 0 Å². The van der Waals surface area contributed by atoms with Gasteiger partial charge in [-0.1, -0.05) is 24.3 Å². The molecule has 1 atom stereocenters. The molecule has 6 heteroatoms. The summed E-state index contributed by atoms with van der Waals surface area (Å²) in [7, 11) is 0. The van der Waals surface area contributed by atoms with Crippen molar-refractivity contribution >= 4 is 22.5 Å². The van der Waals surface area contributed by atoms with Gasteiger partial charge in [-0.3, -0.25) is 4.79 Å². The molecule has 3 heterocycles. The molecule has 0 aliphatic carbocycles. The molecule has 0 unspecified atom stereocenters. The van der Waals surface area contributed by atoms with Crippen LogP contribution in [0.5, 0.6) is 0 Å². The largest absolute Gasteiger partial charge is 0.351 e. The number of hydrogen-bond acceptors (Lipinski definition) is 5. The zero-order valence-corrected chi connectivity index (χ0v) is 14.5. The minimum Gasteiger partial charge on any atom is -0.351 e. The molecule has 0 radical (unpaired) electrons. The minimum absolute atomic E-state index is 0.289. The maximum atomic E-state index is 12.5. The maximum absolute atomic E-state index is 12.5. The zero-order chi connectivity index (χ0) is 17.1. The first-order chi connectivity index (χ1) is 12.3. The first-order valence-electron chi connectivity index (χ1n) is 9.28. The van der Waals surface area contributed by atoms with Crippen molar-refractivity contribution in [3.63, 3.8) is 0 Å². The number of piperazine rings is 1. The average Bonchev–Trinajstić information content (AvgIpc) is 3.19. The highest BCUT2D eigenvalue weighted by molar-refractivity contribution is 5.91. The average molecular weight is 339 g/mol. The Hall–Kier alpha value is -2.21. The van der Waals surface area contributed by atoms with Gasteiger partial charge in [-0.05, 0) is 25.8 Å². The van der Waals surface area contributed by atoms with Gasteiger partial charge in [0, 0.05) is 49.4 Å². The van der Waals surface area contributed by atoms with Gasteiger partial charge in [-0.15, -0.1) is 5.10 Å². The predicted octanol–water partition coefficient (Wildman–Crippen LogP) is 1.81. The van der Waals surface area contributed by atoms with Gasteiger partial charge in [0.05, 0.1) is 6.20 Å². The van der Waals surface area contributed by atoms with E-state index < -0.39 is 0 Å². The van der Waals surface area contributed by atoms with Gasteiger partial charge in [0.25, 0.3) is 0 Å². The number of amides is 1. The molecule has 0 spiro atoms. The van der Waals surface area contributed by atoms with E-state index in [0.717, 1.165) is 55.7 Å². The number of aromatic nitrogens is 2. The van der Waals surface area contributed by atoms with E-state index in [0.29, 0.717) is 12.5 Å². The molecule has 4 rings (SSSR count). The highest BCUT2D eigenvalue weighted by atomic mass is 16.2. The van der Waals surface area contributed by atoms with Crippen LogP contribution < -0.4 is 10.2 Å². The first kappa shape index (κ1) is 16.3. The summed E-state index contributed by atoms with van der Waals surface area (Å²) in [6.07, 6.45) is 5.87. The molecule has 0 bridgehead atoms. The van der Waals surface area contributed by atoms with Crippen LogP contribution >= 0.6 is 0 Å². The summed E-state index contributed by atoms with van der Waals surface area (Å²) in [5.41, 5.74) is 0. The van der Waals surface area contributed by atoms with Gasteiger partial charge in [-0.25, -0.2) is 0 Å². The van der Waals surface area contributed by atoms with Gasteiger partial charge in [0.1, 0.15) is 0 Å². The van der Waals surface area contributed by atoms with Crippen LogP contribution in [-0.4, -0.2) is 59.8 Å². The summed E-state index contributed by atoms with van der Waals surface area (Å²) in [5, 5.41) is 14.2. The van der Waals surface area contributed by atoms with Gasteiger partial charge < -0.3 is 15.1 Å². The molecule has 1 aromatic heterocycles. The van der Waals surface area contributed by atoms with E-state index in [1.54, 1.807) is 6.20 Å². The van der Waals surface area contributed by atoms with Crippen molar-refractivity contribution in [1.29, 1.82) is 0 Å². The fraction of sp³-hybridized carbons (Fsp3) is 0.526. The van der Waals surface area contributed by atoms with Gasteiger partial charge in [0.2, 0.25) is 5.91 Å². The summed E-state index contributed by atoms with van der Waals surface area (Å²) < 4.78 is 0. The normalized spacial score (nSPS) is 21.0. The SMILES string of the molecule is O=C(CC[C@H]1CCCN1)N1CCN(c2nncc3ccccc23)CC1. The fourth-order valence-electron chi connectivity index (χ4n) is 3.87. The second-order valence-corrected chi connectivity index (χ2v) is 6.96. The van der Waals surface area contributed by atoms with Crippen molar-refractivity contribution in [1.82, 2.24) is 20.4 Å². The van der Waals surface area contributed by atoms with Crippen LogP contribution in [0.4, 0.5) is 5.82 Å². The zero-order valence-electron chi connectivity index (χ0n) is 14.5. The highest BCUT2D eigenvalue weighted by Gasteiger charge is 2.24. The van der Waals surface area contributed by atoms with Crippen molar-refractivity contribution in [2.45, 2.75) is 31.7 Å². The van der Waals surface area contributed by atoms with E-state index in [1.807, 2.05) is 17.0 Å². The summed E-state index contributed by atoms with van der Waals surface area (Å²) >= 11 is 0. The Morgan fingerprint density at radius 2 is 2.04 bits per heavy atom. The molecule has 2 aliphatic heterocycles. The lowest BCUT2D eigenvalue weighted by Crippen LogP contribution is -2.49. The van der Waals surface area contributed by atoms with Crippen LogP contribution in [0.3, 0.4) is 0 Å². The molecule has 6 nitrogen and oxygen atoms in total. The Morgan fingerprint density at radius 3 is 2.84 bits per heavy atom. The third-order valence-corrected chi connectivity index (χ3v) is 5.35. The molecular weight excluding hydrogens is 314 g/mol. The van der Waals surface area contributed by atoms with E-state index in [-0.39, 0.29) is 5.91 Å². The summed E-state index contributed by atoms with van der Waals surface area (Å²) in [4.78, 5) is 16.7. The highest BCUT2D eigenvalue weighted by Crippen LogP contribution is 2.24. The number of anilines is 1. The molecule has 2 aromatic rings. The van der Waals surface area contributed by atoms with E-state index in [9.17, 15) is 4.79 Å². The van der Waals surface area contributed by atoms with Gasteiger partial charge in [0.15, 0.2) is 5.82 Å². The second kappa shape index (κ2) is 7.35. The Bertz CT molecular complexity index is 730. The number of carbonyl (C=O) groups is 1. The van der Waals surface area contributed by atoms with Crippen LogP contribution in [0.15, 0.2) is 30.5 Å². The third kappa shape index (κ3) is 3.58. The number of nitrogens with zero attached hydrogens (tertiary/aromatic N) is 4. The van der Waals surface area contributed by atoms with E-state index in [1.165, 1.54) is 12.8 Å². The van der Waals surface area contributed by atoms with Crippen molar-refractivity contribution in [2.24, 2.45) is 0 Å². The molecule has 25 heavy (non-hydrogen) atoms. The molecule has 2 aliphatic rings. The molecule has 132 valence electrons. The number of fused-ring (bicyclic) bond motifs is 1. The van der Waals surface area contributed by atoms with Crippen LogP contribution in [0.2, 0.25) is 0 Å². The van der Waals surface area contributed by atoms with Crippen molar-refractivity contribution in [3.05, 3.63) is 30.5 Å². The smallest absolute Gasteiger partial charge is 0.222 e. The van der Waals surface area contributed by atoms with Crippen LogP contribution in [0, 0.1) is 0 Å². The number of carbonyl (C=O) groups excluding carboxylic acids is 1. The molecular formula is C19H25N5O. The third-order valence-electron chi connectivity index (χ3n) is 5.35. The van der Waals surface area contributed by atoms with Gasteiger partial charge >= 0.3 is 0 Å². The van der Waals surface area contributed by atoms with Crippen LogP contribution in [-0.2, 0) is 4.79 Å². The molecule has 2 fully saturated rings. The summed E-state index contributed by atoms with van der Waals surface area (Å²) in [6.45, 7) is 4.26. The predicted molar refractivity (Wildman–Crippen MR) is 98.6 cm³/mol. The topological polar surface area (TPSA) is 61.4 Å². The molecule has 1 N–H and O–H groups in total. The summed E-state index contributed by atoms with van der Waals surface area (Å²) in [5.74, 6) is 1.22. The van der Waals surface area contributed by atoms with E-state index in [4.69, 9.17) is 0 Å². The standard InChI is InChI=1S/C19H25N5O/c25-18(8-7-16-5-3-9-20-16)23-10-12-24(13-11-23)19-17-6-2-1-4-15(17)14-21-22-19/h1-2,4,6,14,16,20H,3,5,7-13H2/t16-/m1/s1. The lowest BCUT2D eigenvalue weighted by Gasteiger charge is -2.35. The number of benzene rings is 1. The quantitative estimate of drug-likeness (QED) is 0.920. The number of nitrogens with one attached hydrogen (secondary N) is 1. The van der Waals surface area contributed by atoms with Crippen LogP contribution in [0.1, 0.15) is 25.7 Å². The maximum Gasteiger partial charge on any atom is 0.222 e. The Balaban J connectivity index is 1.35. The summed E-state index contributed by atoms with van der Waals surface area (Å²) in [6, 6.07) is 8.74. The lowest BCUT2D eigenvalue weighted by molar-refractivity contribution is -0.131.